The Balaban J connectivity index is 2.16. The lowest BCUT2D eigenvalue weighted by atomic mass is 9.78. The van der Waals surface area contributed by atoms with Crippen LogP contribution in [0.1, 0.15) is 48.5 Å². The second kappa shape index (κ2) is 4.82. The summed E-state index contributed by atoms with van der Waals surface area (Å²) in [6, 6.07) is 7.96. The number of carbonyl (C=O) groups is 1. The van der Waals surface area contributed by atoms with Crippen molar-refractivity contribution in [3.63, 3.8) is 0 Å². The first-order valence-corrected chi connectivity index (χ1v) is 6.28. The van der Waals surface area contributed by atoms with Crippen molar-refractivity contribution in [2.75, 3.05) is 0 Å². The fourth-order valence-electron chi connectivity index (χ4n) is 2.74. The molecular formula is C15H20O. The fourth-order valence-corrected chi connectivity index (χ4v) is 2.74. The van der Waals surface area contributed by atoms with Crippen LogP contribution in [0.2, 0.25) is 0 Å². The highest BCUT2D eigenvalue weighted by Gasteiger charge is 2.26. The average molecular weight is 216 g/mol. The van der Waals surface area contributed by atoms with Gasteiger partial charge in [0.2, 0.25) is 0 Å². The van der Waals surface area contributed by atoms with E-state index < -0.39 is 0 Å². The van der Waals surface area contributed by atoms with Gasteiger partial charge in [0.1, 0.15) is 0 Å². The molecule has 1 aliphatic rings. The van der Waals surface area contributed by atoms with E-state index in [4.69, 9.17) is 0 Å². The van der Waals surface area contributed by atoms with Crippen LogP contribution in [-0.4, -0.2) is 5.78 Å². The molecule has 16 heavy (non-hydrogen) atoms. The van der Waals surface area contributed by atoms with Gasteiger partial charge in [-0.25, -0.2) is 0 Å². The van der Waals surface area contributed by atoms with E-state index in [2.05, 4.69) is 6.92 Å². The Labute approximate surface area is 97.9 Å². The number of hydrogen-bond donors (Lipinski definition) is 0. The van der Waals surface area contributed by atoms with Crippen LogP contribution in [0, 0.1) is 18.8 Å². The van der Waals surface area contributed by atoms with Crippen molar-refractivity contribution in [2.45, 2.75) is 39.5 Å². The topological polar surface area (TPSA) is 17.1 Å². The Bertz CT molecular complexity index is 381. The van der Waals surface area contributed by atoms with E-state index in [9.17, 15) is 4.79 Å². The highest BCUT2D eigenvalue weighted by atomic mass is 16.1. The maximum Gasteiger partial charge on any atom is 0.166 e. The molecule has 1 saturated carbocycles. The van der Waals surface area contributed by atoms with Crippen molar-refractivity contribution in [3.8, 4) is 0 Å². The Kier molecular flexibility index (Phi) is 3.42. The molecule has 0 radical (unpaired) electrons. The van der Waals surface area contributed by atoms with E-state index in [0.29, 0.717) is 11.7 Å². The Morgan fingerprint density at radius 1 is 1.25 bits per heavy atom. The van der Waals surface area contributed by atoms with Crippen molar-refractivity contribution < 1.29 is 4.79 Å². The van der Waals surface area contributed by atoms with E-state index in [1.54, 1.807) is 0 Å². The fraction of sp³-hybridized carbons (Fsp3) is 0.533. The summed E-state index contributed by atoms with van der Waals surface area (Å²) < 4.78 is 0. The Morgan fingerprint density at radius 2 is 2.00 bits per heavy atom. The van der Waals surface area contributed by atoms with Crippen molar-refractivity contribution in [1.29, 1.82) is 0 Å². The quantitative estimate of drug-likeness (QED) is 0.683. The maximum absolute atomic E-state index is 12.4. The van der Waals surface area contributed by atoms with Crippen LogP contribution in [0.4, 0.5) is 0 Å². The minimum Gasteiger partial charge on any atom is -0.294 e. The van der Waals surface area contributed by atoms with Gasteiger partial charge in [-0.3, -0.25) is 4.79 Å². The second-order valence-electron chi connectivity index (χ2n) is 5.15. The number of rotatable bonds is 2. The first-order valence-electron chi connectivity index (χ1n) is 6.28. The minimum atomic E-state index is 0.268. The second-order valence-corrected chi connectivity index (χ2v) is 5.15. The summed E-state index contributed by atoms with van der Waals surface area (Å²) in [4.78, 5) is 12.4. The standard InChI is InChI=1S/C15H20O/c1-11-6-5-8-13(10-11)15(16)14-9-4-3-7-12(14)2/h3-4,7,9,11,13H,5-6,8,10H2,1-2H3/t11-,13-/m0/s1. The van der Waals surface area contributed by atoms with Crippen LogP contribution in [0.3, 0.4) is 0 Å². The van der Waals surface area contributed by atoms with Crippen molar-refractivity contribution >= 4 is 5.78 Å². The highest BCUT2D eigenvalue weighted by Crippen LogP contribution is 2.31. The van der Waals surface area contributed by atoms with Gasteiger partial charge in [-0.05, 0) is 31.2 Å². The van der Waals surface area contributed by atoms with Crippen LogP contribution in [0.25, 0.3) is 0 Å². The summed E-state index contributed by atoms with van der Waals surface area (Å²) >= 11 is 0. The number of carbonyl (C=O) groups excluding carboxylic acids is 1. The number of hydrogen-bond acceptors (Lipinski definition) is 1. The molecule has 0 aromatic heterocycles. The lowest BCUT2D eigenvalue weighted by Crippen LogP contribution is -2.22. The Morgan fingerprint density at radius 3 is 2.69 bits per heavy atom. The minimum absolute atomic E-state index is 0.268. The van der Waals surface area contributed by atoms with E-state index in [1.165, 1.54) is 12.8 Å². The number of aryl methyl sites for hydroxylation is 1. The number of Topliss-reactive ketones (excluding diaryl/α,β-unsaturated/α-hetero) is 1. The molecule has 1 heteroatoms. The smallest absolute Gasteiger partial charge is 0.166 e. The first kappa shape index (κ1) is 11.4. The molecule has 0 saturated heterocycles. The summed E-state index contributed by atoms with van der Waals surface area (Å²) in [5.74, 6) is 1.35. The maximum atomic E-state index is 12.4. The molecule has 86 valence electrons. The lowest BCUT2D eigenvalue weighted by Gasteiger charge is -2.26. The summed E-state index contributed by atoms with van der Waals surface area (Å²) in [6.45, 7) is 4.29. The zero-order valence-corrected chi connectivity index (χ0v) is 10.2. The molecule has 2 atom stereocenters. The summed E-state index contributed by atoms with van der Waals surface area (Å²) in [5.41, 5.74) is 2.05. The molecule has 0 spiro atoms. The monoisotopic (exact) mass is 216 g/mol. The molecule has 2 rings (SSSR count). The first-order chi connectivity index (χ1) is 7.68. The van der Waals surface area contributed by atoms with Crippen LogP contribution < -0.4 is 0 Å². The molecule has 0 bridgehead atoms. The van der Waals surface area contributed by atoms with Crippen molar-refractivity contribution in [1.82, 2.24) is 0 Å². The molecule has 0 amide bonds. The van der Waals surface area contributed by atoms with E-state index in [-0.39, 0.29) is 5.92 Å². The molecule has 0 aliphatic heterocycles. The van der Waals surface area contributed by atoms with Gasteiger partial charge in [0.05, 0.1) is 0 Å². The van der Waals surface area contributed by atoms with Gasteiger partial charge < -0.3 is 0 Å². The van der Waals surface area contributed by atoms with Crippen LogP contribution in [-0.2, 0) is 0 Å². The molecule has 1 fully saturated rings. The molecular weight excluding hydrogens is 196 g/mol. The van der Waals surface area contributed by atoms with Crippen LogP contribution >= 0.6 is 0 Å². The third-order valence-corrected chi connectivity index (χ3v) is 3.72. The van der Waals surface area contributed by atoms with E-state index >= 15 is 0 Å². The van der Waals surface area contributed by atoms with Gasteiger partial charge in [-0.1, -0.05) is 44.0 Å². The van der Waals surface area contributed by atoms with Crippen molar-refractivity contribution in [2.24, 2.45) is 11.8 Å². The zero-order chi connectivity index (χ0) is 11.5. The number of ketones is 1. The molecule has 1 aromatic carbocycles. The summed E-state index contributed by atoms with van der Waals surface area (Å²) in [7, 11) is 0. The third-order valence-electron chi connectivity index (χ3n) is 3.72. The largest absolute Gasteiger partial charge is 0.294 e. The molecule has 0 N–H and O–H groups in total. The Hall–Kier alpha value is -1.11. The van der Waals surface area contributed by atoms with Gasteiger partial charge in [-0.15, -0.1) is 0 Å². The highest BCUT2D eigenvalue weighted by molar-refractivity contribution is 5.99. The summed E-state index contributed by atoms with van der Waals surface area (Å²) in [6.07, 6.45) is 4.66. The average Bonchev–Trinajstić information content (AvgIpc) is 2.29. The molecule has 1 nitrogen and oxygen atoms in total. The normalized spacial score (nSPS) is 25.4. The predicted octanol–water partition coefficient (Wildman–Crippen LogP) is 4.00. The van der Waals surface area contributed by atoms with Gasteiger partial charge in [-0.2, -0.15) is 0 Å². The molecule has 1 aliphatic carbocycles. The molecule has 0 heterocycles. The molecule has 1 aromatic rings. The predicted molar refractivity (Wildman–Crippen MR) is 66.6 cm³/mol. The van der Waals surface area contributed by atoms with Crippen molar-refractivity contribution in [3.05, 3.63) is 35.4 Å². The van der Waals surface area contributed by atoms with Gasteiger partial charge in [0, 0.05) is 11.5 Å². The third kappa shape index (κ3) is 2.34. The summed E-state index contributed by atoms with van der Waals surface area (Å²) in [5, 5.41) is 0. The van der Waals surface area contributed by atoms with Gasteiger partial charge in [0.25, 0.3) is 0 Å². The van der Waals surface area contributed by atoms with Gasteiger partial charge in [0.15, 0.2) is 5.78 Å². The van der Waals surface area contributed by atoms with E-state index in [1.807, 2.05) is 31.2 Å². The van der Waals surface area contributed by atoms with Crippen LogP contribution in [0.15, 0.2) is 24.3 Å². The van der Waals surface area contributed by atoms with Crippen LogP contribution in [0.5, 0.6) is 0 Å². The SMILES string of the molecule is Cc1ccccc1C(=O)[C@H]1CCC[C@H](C)C1. The zero-order valence-electron chi connectivity index (χ0n) is 10.2. The van der Waals surface area contributed by atoms with Gasteiger partial charge >= 0.3 is 0 Å². The van der Waals surface area contributed by atoms with E-state index in [0.717, 1.165) is 24.0 Å². The number of benzene rings is 1. The molecule has 0 unspecified atom stereocenters. The lowest BCUT2D eigenvalue weighted by molar-refractivity contribution is 0.0867.